The highest BCUT2D eigenvalue weighted by molar-refractivity contribution is 5.79. The summed E-state index contributed by atoms with van der Waals surface area (Å²) in [5.41, 5.74) is 5.15. The first-order valence-corrected chi connectivity index (χ1v) is 5.07. The van der Waals surface area contributed by atoms with Gasteiger partial charge in [-0.1, -0.05) is 0 Å². The molecule has 1 fully saturated rings. The van der Waals surface area contributed by atoms with Crippen LogP contribution in [0.25, 0.3) is 0 Å². The summed E-state index contributed by atoms with van der Waals surface area (Å²) in [6.07, 6.45) is 2.10. The third-order valence-corrected chi connectivity index (χ3v) is 3.14. The molecule has 2 unspecified atom stereocenters. The predicted molar refractivity (Wildman–Crippen MR) is 54.9 cm³/mol. The van der Waals surface area contributed by atoms with Crippen molar-refractivity contribution >= 4 is 5.91 Å². The first-order valence-electron chi connectivity index (χ1n) is 5.07. The second-order valence-corrected chi connectivity index (χ2v) is 4.31. The molecule has 1 aliphatic rings. The number of ether oxygens (including phenoxy) is 1. The molecule has 2 N–H and O–H groups in total. The highest BCUT2D eigenvalue weighted by atomic mass is 16.5. The van der Waals surface area contributed by atoms with Crippen molar-refractivity contribution in [3.05, 3.63) is 0 Å². The van der Waals surface area contributed by atoms with Crippen LogP contribution in [0.15, 0.2) is 0 Å². The molecule has 0 aromatic rings. The van der Waals surface area contributed by atoms with E-state index < -0.39 is 0 Å². The molecule has 0 spiro atoms. The zero-order valence-electron chi connectivity index (χ0n) is 9.25. The van der Waals surface area contributed by atoms with Gasteiger partial charge < -0.3 is 10.5 Å². The Morgan fingerprint density at radius 3 is 2.79 bits per heavy atom. The molecule has 0 aliphatic carbocycles. The minimum Gasteiger partial charge on any atom is -0.377 e. The summed E-state index contributed by atoms with van der Waals surface area (Å²) in [7, 11) is 1.72. The van der Waals surface area contributed by atoms with Crippen molar-refractivity contribution in [2.45, 2.75) is 38.3 Å². The smallest absolute Gasteiger partial charge is 0.234 e. The number of primary amides is 1. The molecule has 14 heavy (non-hydrogen) atoms. The van der Waals surface area contributed by atoms with Crippen LogP contribution >= 0.6 is 0 Å². The lowest BCUT2D eigenvalue weighted by Gasteiger charge is -2.41. The molecule has 0 saturated carbocycles. The maximum atomic E-state index is 11.0. The topological polar surface area (TPSA) is 55.6 Å². The van der Waals surface area contributed by atoms with Crippen LogP contribution < -0.4 is 5.73 Å². The van der Waals surface area contributed by atoms with E-state index >= 15 is 0 Å². The zero-order chi connectivity index (χ0) is 10.8. The standard InChI is InChI=1S/C10H20N2O2/c1-8(9(11)13)12-6-4-5-10(2,7-12)14-3/h8H,4-7H2,1-3H3,(H2,11,13). The number of amides is 1. The molecule has 1 amide bonds. The minimum absolute atomic E-state index is 0.123. The summed E-state index contributed by atoms with van der Waals surface area (Å²) in [5.74, 6) is -0.259. The van der Waals surface area contributed by atoms with Gasteiger partial charge in [-0.25, -0.2) is 0 Å². The lowest BCUT2D eigenvalue weighted by Crippen LogP contribution is -2.53. The first kappa shape index (κ1) is 11.5. The van der Waals surface area contributed by atoms with Gasteiger partial charge in [-0.05, 0) is 33.2 Å². The first-order chi connectivity index (χ1) is 6.48. The van der Waals surface area contributed by atoms with Gasteiger partial charge in [0.1, 0.15) is 0 Å². The predicted octanol–water partition coefficient (Wildman–Crippen LogP) is 0.361. The van der Waals surface area contributed by atoms with E-state index in [1.807, 2.05) is 6.92 Å². The van der Waals surface area contributed by atoms with E-state index in [0.29, 0.717) is 0 Å². The lowest BCUT2D eigenvalue weighted by molar-refractivity contribution is -0.126. The molecule has 0 aromatic heterocycles. The molecular formula is C10H20N2O2. The fourth-order valence-electron chi connectivity index (χ4n) is 1.92. The fraction of sp³-hybridized carbons (Fsp3) is 0.900. The van der Waals surface area contributed by atoms with Crippen LogP contribution in [0, 0.1) is 0 Å². The Kier molecular flexibility index (Phi) is 3.50. The number of carbonyl (C=O) groups is 1. The molecule has 0 bridgehead atoms. The van der Waals surface area contributed by atoms with E-state index in [2.05, 4.69) is 11.8 Å². The second-order valence-electron chi connectivity index (χ2n) is 4.31. The van der Waals surface area contributed by atoms with Crippen molar-refractivity contribution in [3.8, 4) is 0 Å². The number of nitrogens with two attached hydrogens (primary N) is 1. The molecule has 0 aromatic carbocycles. The average Bonchev–Trinajstić information content (AvgIpc) is 2.16. The summed E-state index contributed by atoms with van der Waals surface area (Å²) >= 11 is 0. The Bertz CT molecular complexity index is 220. The Hall–Kier alpha value is -0.610. The zero-order valence-corrected chi connectivity index (χ0v) is 9.25. The van der Waals surface area contributed by atoms with Crippen molar-refractivity contribution in [1.29, 1.82) is 0 Å². The fourth-order valence-corrected chi connectivity index (χ4v) is 1.92. The van der Waals surface area contributed by atoms with E-state index in [-0.39, 0.29) is 17.6 Å². The van der Waals surface area contributed by atoms with Crippen molar-refractivity contribution < 1.29 is 9.53 Å². The van der Waals surface area contributed by atoms with Crippen LogP contribution in [0.1, 0.15) is 26.7 Å². The quantitative estimate of drug-likeness (QED) is 0.715. The van der Waals surface area contributed by atoms with Crippen LogP contribution in [-0.4, -0.2) is 42.6 Å². The van der Waals surface area contributed by atoms with Gasteiger partial charge >= 0.3 is 0 Å². The van der Waals surface area contributed by atoms with Gasteiger partial charge in [0, 0.05) is 13.7 Å². The third kappa shape index (κ3) is 2.45. The number of rotatable bonds is 3. The van der Waals surface area contributed by atoms with E-state index in [1.165, 1.54) is 0 Å². The Labute approximate surface area is 85.4 Å². The molecule has 4 nitrogen and oxygen atoms in total. The summed E-state index contributed by atoms with van der Waals surface area (Å²) in [6, 6.07) is -0.190. The van der Waals surface area contributed by atoms with Crippen molar-refractivity contribution in [2.24, 2.45) is 5.73 Å². The van der Waals surface area contributed by atoms with Gasteiger partial charge in [0.15, 0.2) is 0 Å². The number of methoxy groups -OCH3 is 1. The van der Waals surface area contributed by atoms with E-state index in [0.717, 1.165) is 25.9 Å². The summed E-state index contributed by atoms with van der Waals surface area (Å²) in [4.78, 5) is 13.1. The highest BCUT2D eigenvalue weighted by Gasteiger charge is 2.33. The minimum atomic E-state index is -0.259. The largest absolute Gasteiger partial charge is 0.377 e. The number of likely N-dealkylation sites (tertiary alicyclic amines) is 1. The normalized spacial score (nSPS) is 31.4. The number of hydrogen-bond acceptors (Lipinski definition) is 3. The lowest BCUT2D eigenvalue weighted by atomic mass is 9.93. The van der Waals surface area contributed by atoms with Crippen LogP contribution in [0.2, 0.25) is 0 Å². The van der Waals surface area contributed by atoms with Crippen LogP contribution in [-0.2, 0) is 9.53 Å². The monoisotopic (exact) mass is 200 g/mol. The van der Waals surface area contributed by atoms with Crippen molar-refractivity contribution in [1.82, 2.24) is 4.90 Å². The van der Waals surface area contributed by atoms with Gasteiger partial charge in [0.25, 0.3) is 0 Å². The van der Waals surface area contributed by atoms with Crippen LogP contribution in [0.4, 0.5) is 0 Å². The number of piperidine rings is 1. The van der Waals surface area contributed by atoms with Crippen LogP contribution in [0.3, 0.4) is 0 Å². The molecule has 2 atom stereocenters. The Morgan fingerprint density at radius 1 is 1.64 bits per heavy atom. The number of hydrogen-bond donors (Lipinski definition) is 1. The molecule has 4 heteroatoms. The van der Waals surface area contributed by atoms with E-state index in [1.54, 1.807) is 7.11 Å². The summed E-state index contributed by atoms with van der Waals surface area (Å²) < 4.78 is 5.44. The van der Waals surface area contributed by atoms with E-state index in [4.69, 9.17) is 10.5 Å². The van der Waals surface area contributed by atoms with Gasteiger partial charge in [0.05, 0.1) is 11.6 Å². The SMILES string of the molecule is COC1(C)CCCN(C(C)C(N)=O)C1. The van der Waals surface area contributed by atoms with Gasteiger partial charge in [0.2, 0.25) is 5.91 Å². The number of nitrogens with zero attached hydrogens (tertiary/aromatic N) is 1. The van der Waals surface area contributed by atoms with Gasteiger partial charge in [-0.3, -0.25) is 9.69 Å². The molecule has 1 heterocycles. The summed E-state index contributed by atoms with van der Waals surface area (Å²) in [5, 5.41) is 0. The maximum Gasteiger partial charge on any atom is 0.234 e. The van der Waals surface area contributed by atoms with Crippen molar-refractivity contribution in [2.75, 3.05) is 20.2 Å². The van der Waals surface area contributed by atoms with Gasteiger partial charge in [-0.15, -0.1) is 0 Å². The molecule has 1 rings (SSSR count). The van der Waals surface area contributed by atoms with Gasteiger partial charge in [-0.2, -0.15) is 0 Å². The molecular weight excluding hydrogens is 180 g/mol. The Balaban J connectivity index is 2.60. The molecule has 1 aliphatic heterocycles. The summed E-state index contributed by atoms with van der Waals surface area (Å²) in [6.45, 7) is 5.65. The van der Waals surface area contributed by atoms with Crippen LogP contribution in [0.5, 0.6) is 0 Å². The Morgan fingerprint density at radius 2 is 2.29 bits per heavy atom. The third-order valence-electron chi connectivity index (χ3n) is 3.14. The number of carbonyl (C=O) groups excluding carboxylic acids is 1. The van der Waals surface area contributed by atoms with E-state index in [9.17, 15) is 4.79 Å². The highest BCUT2D eigenvalue weighted by Crippen LogP contribution is 2.24. The average molecular weight is 200 g/mol. The van der Waals surface area contributed by atoms with Crippen molar-refractivity contribution in [3.63, 3.8) is 0 Å². The molecule has 82 valence electrons. The molecule has 0 radical (unpaired) electrons. The molecule has 1 saturated heterocycles. The maximum absolute atomic E-state index is 11.0. The second kappa shape index (κ2) is 4.28.